The first-order valence-electron chi connectivity index (χ1n) is 5.90. The lowest BCUT2D eigenvalue weighted by molar-refractivity contribution is 0.0221. The molecule has 6 nitrogen and oxygen atoms in total. The Labute approximate surface area is 105 Å². The average molecular weight is 251 g/mol. The predicted octanol–water partition coefficient (Wildman–Crippen LogP) is 1.52. The van der Waals surface area contributed by atoms with E-state index in [4.69, 9.17) is 4.74 Å². The van der Waals surface area contributed by atoms with Crippen LogP contribution in [0.15, 0.2) is 0 Å². The highest BCUT2D eigenvalue weighted by Crippen LogP contribution is 2.19. The number of nitrogens with one attached hydrogen (secondary N) is 1. The Hall–Kier alpha value is -1.85. The van der Waals surface area contributed by atoms with Crippen LogP contribution in [0.3, 0.4) is 0 Å². The third kappa shape index (κ3) is 2.69. The standard InChI is InChI=1S/C12H17N3O3/c1-12(2,3)18-11(17)15-5-4-8-9(6-15)14-10(7-16)13-8/h7H,4-6H2,1-3H3,(H,13,14). The molecule has 1 amide bonds. The highest BCUT2D eigenvalue weighted by Gasteiger charge is 2.27. The summed E-state index contributed by atoms with van der Waals surface area (Å²) >= 11 is 0. The van der Waals surface area contributed by atoms with Crippen LogP contribution in [0.25, 0.3) is 0 Å². The van der Waals surface area contributed by atoms with Gasteiger partial charge < -0.3 is 14.6 Å². The summed E-state index contributed by atoms with van der Waals surface area (Å²) in [7, 11) is 0. The fraction of sp³-hybridized carbons (Fsp3) is 0.583. The summed E-state index contributed by atoms with van der Waals surface area (Å²) in [6, 6.07) is 0. The number of aldehydes is 1. The smallest absolute Gasteiger partial charge is 0.410 e. The van der Waals surface area contributed by atoms with Gasteiger partial charge in [-0.15, -0.1) is 0 Å². The number of amides is 1. The van der Waals surface area contributed by atoms with Crippen molar-refractivity contribution in [1.82, 2.24) is 14.9 Å². The van der Waals surface area contributed by atoms with Crippen LogP contribution in [0.4, 0.5) is 4.79 Å². The van der Waals surface area contributed by atoms with Crippen LogP contribution >= 0.6 is 0 Å². The molecule has 98 valence electrons. The van der Waals surface area contributed by atoms with Gasteiger partial charge in [0.05, 0.1) is 17.9 Å². The fourth-order valence-electron chi connectivity index (χ4n) is 1.85. The molecule has 0 atom stereocenters. The van der Waals surface area contributed by atoms with E-state index < -0.39 is 5.60 Å². The van der Waals surface area contributed by atoms with E-state index in [-0.39, 0.29) is 6.09 Å². The lowest BCUT2D eigenvalue weighted by Gasteiger charge is -2.29. The van der Waals surface area contributed by atoms with Crippen molar-refractivity contribution in [3.8, 4) is 0 Å². The number of imidazole rings is 1. The molecule has 0 aromatic carbocycles. The number of H-pyrrole nitrogens is 1. The van der Waals surface area contributed by atoms with Crippen molar-refractivity contribution >= 4 is 12.4 Å². The van der Waals surface area contributed by atoms with E-state index in [0.717, 1.165) is 11.4 Å². The van der Waals surface area contributed by atoms with Gasteiger partial charge in [0.1, 0.15) is 5.60 Å². The molecule has 0 radical (unpaired) electrons. The van der Waals surface area contributed by atoms with Crippen molar-refractivity contribution in [1.29, 1.82) is 0 Å². The largest absolute Gasteiger partial charge is 0.444 e. The monoisotopic (exact) mass is 251 g/mol. The number of hydrogen-bond acceptors (Lipinski definition) is 4. The van der Waals surface area contributed by atoms with Crippen molar-refractivity contribution in [2.75, 3.05) is 6.54 Å². The Bertz CT molecular complexity index is 473. The molecule has 6 heteroatoms. The van der Waals surface area contributed by atoms with Crippen LogP contribution in [0.1, 0.15) is 42.8 Å². The van der Waals surface area contributed by atoms with E-state index >= 15 is 0 Å². The van der Waals surface area contributed by atoms with Gasteiger partial charge in [-0.3, -0.25) is 4.79 Å². The highest BCUT2D eigenvalue weighted by atomic mass is 16.6. The van der Waals surface area contributed by atoms with Gasteiger partial charge in [0.15, 0.2) is 12.1 Å². The van der Waals surface area contributed by atoms with Crippen molar-refractivity contribution in [2.24, 2.45) is 0 Å². The molecular weight excluding hydrogens is 234 g/mol. The second-order valence-corrected chi connectivity index (χ2v) is 5.32. The average Bonchev–Trinajstić information content (AvgIpc) is 2.68. The molecule has 0 aliphatic carbocycles. The number of rotatable bonds is 1. The summed E-state index contributed by atoms with van der Waals surface area (Å²) < 4.78 is 5.31. The first-order chi connectivity index (χ1) is 8.39. The molecule has 1 aliphatic heterocycles. The van der Waals surface area contributed by atoms with E-state index in [9.17, 15) is 9.59 Å². The van der Waals surface area contributed by atoms with E-state index in [1.807, 2.05) is 20.8 Å². The van der Waals surface area contributed by atoms with Gasteiger partial charge in [-0.2, -0.15) is 0 Å². The molecule has 0 spiro atoms. The Morgan fingerprint density at radius 3 is 2.83 bits per heavy atom. The van der Waals surface area contributed by atoms with Gasteiger partial charge >= 0.3 is 6.09 Å². The Balaban J connectivity index is 2.07. The number of hydrogen-bond donors (Lipinski definition) is 1. The summed E-state index contributed by atoms with van der Waals surface area (Å²) in [4.78, 5) is 31.2. The molecule has 0 saturated carbocycles. The van der Waals surface area contributed by atoms with Gasteiger partial charge in [0.2, 0.25) is 0 Å². The molecule has 0 unspecified atom stereocenters. The van der Waals surface area contributed by atoms with Crippen molar-refractivity contribution in [3.05, 3.63) is 17.2 Å². The number of carbonyl (C=O) groups is 2. The van der Waals surface area contributed by atoms with Gasteiger partial charge in [-0.1, -0.05) is 0 Å². The van der Waals surface area contributed by atoms with E-state index in [0.29, 0.717) is 31.6 Å². The lowest BCUT2D eigenvalue weighted by atomic mass is 10.1. The summed E-state index contributed by atoms with van der Waals surface area (Å²) in [5.41, 5.74) is 1.17. The number of carbonyl (C=O) groups excluding carboxylic acids is 2. The first-order valence-corrected chi connectivity index (χ1v) is 5.90. The van der Waals surface area contributed by atoms with Gasteiger partial charge in [0.25, 0.3) is 0 Å². The van der Waals surface area contributed by atoms with E-state index in [2.05, 4.69) is 9.97 Å². The number of fused-ring (bicyclic) bond motifs is 1. The van der Waals surface area contributed by atoms with Gasteiger partial charge in [-0.25, -0.2) is 9.78 Å². The van der Waals surface area contributed by atoms with Crippen LogP contribution in [0.2, 0.25) is 0 Å². The van der Waals surface area contributed by atoms with Crippen LogP contribution in [-0.2, 0) is 17.7 Å². The fourth-order valence-corrected chi connectivity index (χ4v) is 1.85. The zero-order valence-corrected chi connectivity index (χ0v) is 10.8. The first kappa shape index (κ1) is 12.6. The second kappa shape index (κ2) is 4.44. The minimum Gasteiger partial charge on any atom is -0.444 e. The van der Waals surface area contributed by atoms with Crippen molar-refractivity contribution in [2.45, 2.75) is 39.3 Å². The normalized spacial score (nSPS) is 15.2. The molecule has 2 rings (SSSR count). The number of nitrogens with zero attached hydrogens (tertiary/aromatic N) is 2. The molecule has 18 heavy (non-hydrogen) atoms. The van der Waals surface area contributed by atoms with Crippen LogP contribution in [-0.4, -0.2) is 39.4 Å². The van der Waals surface area contributed by atoms with Crippen LogP contribution in [0, 0.1) is 0 Å². The van der Waals surface area contributed by atoms with Gasteiger partial charge in [0, 0.05) is 13.0 Å². The molecular formula is C12H17N3O3. The van der Waals surface area contributed by atoms with Crippen LogP contribution in [0.5, 0.6) is 0 Å². The third-order valence-corrected chi connectivity index (χ3v) is 2.61. The molecule has 1 N–H and O–H groups in total. The number of aromatic amines is 1. The number of aromatic nitrogens is 2. The number of ether oxygens (including phenoxy) is 1. The molecule has 1 aromatic heterocycles. The van der Waals surface area contributed by atoms with Crippen molar-refractivity contribution < 1.29 is 14.3 Å². The van der Waals surface area contributed by atoms with E-state index in [1.54, 1.807) is 4.90 Å². The summed E-state index contributed by atoms with van der Waals surface area (Å²) in [5.74, 6) is 0.311. The third-order valence-electron chi connectivity index (χ3n) is 2.61. The topological polar surface area (TPSA) is 75.3 Å². The summed E-state index contributed by atoms with van der Waals surface area (Å²) in [5, 5.41) is 0. The highest BCUT2D eigenvalue weighted by molar-refractivity contribution is 5.70. The maximum atomic E-state index is 11.9. The Morgan fingerprint density at radius 2 is 2.22 bits per heavy atom. The zero-order valence-electron chi connectivity index (χ0n) is 10.8. The molecule has 0 bridgehead atoms. The maximum absolute atomic E-state index is 11.9. The second-order valence-electron chi connectivity index (χ2n) is 5.32. The minimum absolute atomic E-state index is 0.311. The van der Waals surface area contributed by atoms with Crippen molar-refractivity contribution in [3.63, 3.8) is 0 Å². The maximum Gasteiger partial charge on any atom is 0.410 e. The molecule has 0 fully saturated rings. The molecule has 1 aromatic rings. The van der Waals surface area contributed by atoms with E-state index in [1.165, 1.54) is 0 Å². The molecule has 0 saturated heterocycles. The SMILES string of the molecule is CC(C)(C)OC(=O)N1CCc2nc(C=O)[nH]c2C1. The Kier molecular flexibility index (Phi) is 3.11. The molecule has 1 aliphatic rings. The quantitative estimate of drug-likeness (QED) is 0.768. The van der Waals surface area contributed by atoms with Crippen LogP contribution < -0.4 is 0 Å². The minimum atomic E-state index is -0.501. The molecule has 2 heterocycles. The zero-order chi connectivity index (χ0) is 13.3. The predicted molar refractivity (Wildman–Crippen MR) is 64.3 cm³/mol. The summed E-state index contributed by atoms with van der Waals surface area (Å²) in [6.45, 7) is 6.47. The van der Waals surface area contributed by atoms with Gasteiger partial charge in [-0.05, 0) is 20.8 Å². The Morgan fingerprint density at radius 1 is 1.50 bits per heavy atom. The summed E-state index contributed by atoms with van der Waals surface area (Å²) in [6.07, 6.45) is 0.977. The lowest BCUT2D eigenvalue weighted by Crippen LogP contribution is -2.39.